The van der Waals surface area contributed by atoms with Gasteiger partial charge in [-0.3, -0.25) is 4.79 Å². The summed E-state index contributed by atoms with van der Waals surface area (Å²) in [6.45, 7) is 0. The van der Waals surface area contributed by atoms with Crippen LogP contribution in [-0.4, -0.2) is 13.0 Å². The van der Waals surface area contributed by atoms with E-state index in [2.05, 4.69) is 5.32 Å². The molecule has 0 fully saturated rings. The maximum atomic E-state index is 12.2. The van der Waals surface area contributed by atoms with E-state index in [4.69, 9.17) is 21.1 Å². The molecule has 26 heavy (non-hydrogen) atoms. The van der Waals surface area contributed by atoms with Crippen LogP contribution in [0.1, 0.15) is 4.88 Å². The number of hydrogen-bond acceptors (Lipinski definition) is 4. The summed E-state index contributed by atoms with van der Waals surface area (Å²) in [5.41, 5.74) is 0.495. The minimum Gasteiger partial charge on any atom is -0.497 e. The molecule has 0 bridgehead atoms. The molecule has 1 amide bonds. The van der Waals surface area contributed by atoms with Gasteiger partial charge in [-0.05, 0) is 60.0 Å². The first-order chi connectivity index (χ1) is 12.6. The van der Waals surface area contributed by atoms with Crippen LogP contribution in [0.4, 0.5) is 5.69 Å². The van der Waals surface area contributed by atoms with Gasteiger partial charge in [-0.1, -0.05) is 17.7 Å². The van der Waals surface area contributed by atoms with Crippen LogP contribution in [0.5, 0.6) is 17.2 Å². The van der Waals surface area contributed by atoms with Crippen molar-refractivity contribution in [3.8, 4) is 17.2 Å². The first-order valence-electron chi connectivity index (χ1n) is 7.78. The van der Waals surface area contributed by atoms with Crippen LogP contribution in [0.15, 0.2) is 66.1 Å². The summed E-state index contributed by atoms with van der Waals surface area (Å²) in [5.74, 6) is 1.59. The molecule has 0 radical (unpaired) electrons. The second-order valence-electron chi connectivity index (χ2n) is 5.26. The number of amides is 1. The fraction of sp³-hybridized carbons (Fsp3) is 0.0500. The first-order valence-corrected chi connectivity index (χ1v) is 9.04. The Morgan fingerprint density at radius 2 is 1.88 bits per heavy atom. The average Bonchev–Trinajstić information content (AvgIpc) is 3.16. The molecular weight excluding hydrogens is 370 g/mol. The molecule has 0 atom stereocenters. The summed E-state index contributed by atoms with van der Waals surface area (Å²) in [6, 6.07) is 16.1. The summed E-state index contributed by atoms with van der Waals surface area (Å²) in [4.78, 5) is 13.2. The van der Waals surface area contributed by atoms with Gasteiger partial charge >= 0.3 is 0 Å². The van der Waals surface area contributed by atoms with Crippen LogP contribution in [0.2, 0.25) is 5.02 Å². The molecule has 0 aliphatic carbocycles. The highest BCUT2D eigenvalue weighted by molar-refractivity contribution is 7.10. The monoisotopic (exact) mass is 385 g/mol. The number of benzene rings is 2. The van der Waals surface area contributed by atoms with Crippen LogP contribution in [0, 0.1) is 0 Å². The number of halogens is 1. The van der Waals surface area contributed by atoms with E-state index in [0.29, 0.717) is 22.2 Å². The number of rotatable bonds is 6. The average molecular weight is 386 g/mol. The molecule has 0 saturated heterocycles. The topological polar surface area (TPSA) is 47.6 Å². The summed E-state index contributed by atoms with van der Waals surface area (Å²) in [6.07, 6.45) is 3.23. The lowest BCUT2D eigenvalue weighted by Crippen LogP contribution is -2.08. The van der Waals surface area contributed by atoms with E-state index in [0.717, 1.165) is 10.6 Å². The minimum absolute atomic E-state index is 0.264. The molecule has 3 aromatic rings. The molecule has 4 nitrogen and oxygen atoms in total. The molecule has 0 saturated carbocycles. The summed E-state index contributed by atoms with van der Waals surface area (Å²) in [5, 5.41) is 5.26. The fourth-order valence-electron chi connectivity index (χ4n) is 2.18. The standard InChI is InChI=1S/C20H16ClNO3S/c1-24-15-5-7-16(8-6-15)25-19-10-4-14(21)13-18(19)22-20(23)11-9-17-3-2-12-26-17/h2-13H,1H3,(H,22,23)/b11-9+. The zero-order valence-electron chi connectivity index (χ0n) is 13.9. The first kappa shape index (κ1) is 18.0. The molecule has 3 rings (SSSR count). The Kier molecular flexibility index (Phi) is 5.94. The Morgan fingerprint density at radius 1 is 1.12 bits per heavy atom. The van der Waals surface area contributed by atoms with Gasteiger partial charge < -0.3 is 14.8 Å². The highest BCUT2D eigenvalue weighted by Gasteiger charge is 2.09. The van der Waals surface area contributed by atoms with Gasteiger partial charge in [0.2, 0.25) is 5.91 Å². The molecular formula is C20H16ClNO3S. The van der Waals surface area contributed by atoms with Gasteiger partial charge in [0.05, 0.1) is 12.8 Å². The zero-order valence-corrected chi connectivity index (χ0v) is 15.5. The van der Waals surface area contributed by atoms with E-state index in [-0.39, 0.29) is 5.91 Å². The molecule has 0 unspecified atom stereocenters. The fourth-order valence-corrected chi connectivity index (χ4v) is 2.97. The molecule has 0 aliphatic heterocycles. The third kappa shape index (κ3) is 4.88. The largest absolute Gasteiger partial charge is 0.497 e. The number of carbonyl (C=O) groups excluding carboxylic acids is 1. The van der Waals surface area contributed by atoms with E-state index < -0.39 is 0 Å². The second kappa shape index (κ2) is 8.56. The highest BCUT2D eigenvalue weighted by atomic mass is 35.5. The van der Waals surface area contributed by atoms with Gasteiger partial charge in [0.25, 0.3) is 0 Å². The Morgan fingerprint density at radius 3 is 2.58 bits per heavy atom. The van der Waals surface area contributed by atoms with Crippen molar-refractivity contribution in [1.29, 1.82) is 0 Å². The third-order valence-electron chi connectivity index (χ3n) is 3.43. The Balaban J connectivity index is 1.75. The summed E-state index contributed by atoms with van der Waals surface area (Å²) < 4.78 is 11.0. The van der Waals surface area contributed by atoms with Crippen molar-refractivity contribution in [2.24, 2.45) is 0 Å². The van der Waals surface area contributed by atoms with Crippen LogP contribution >= 0.6 is 22.9 Å². The number of hydrogen-bond donors (Lipinski definition) is 1. The van der Waals surface area contributed by atoms with Crippen molar-refractivity contribution in [2.45, 2.75) is 0 Å². The molecule has 6 heteroatoms. The van der Waals surface area contributed by atoms with E-state index in [1.54, 1.807) is 67.0 Å². The predicted octanol–water partition coefficient (Wildman–Crippen LogP) is 5.85. The van der Waals surface area contributed by atoms with Crippen LogP contribution in [0.25, 0.3) is 6.08 Å². The predicted molar refractivity (Wildman–Crippen MR) is 107 cm³/mol. The van der Waals surface area contributed by atoms with Gasteiger partial charge in [-0.25, -0.2) is 0 Å². The SMILES string of the molecule is COc1ccc(Oc2ccc(Cl)cc2NC(=O)/C=C/c2cccs2)cc1. The van der Waals surface area contributed by atoms with Gasteiger partial charge in [-0.2, -0.15) is 0 Å². The van der Waals surface area contributed by atoms with Crippen molar-refractivity contribution >= 4 is 40.6 Å². The molecule has 1 heterocycles. The number of anilines is 1. The van der Waals surface area contributed by atoms with Gasteiger partial charge in [0.15, 0.2) is 5.75 Å². The molecule has 2 aromatic carbocycles. The number of nitrogens with one attached hydrogen (secondary N) is 1. The van der Waals surface area contributed by atoms with E-state index >= 15 is 0 Å². The minimum atomic E-state index is -0.264. The van der Waals surface area contributed by atoms with Gasteiger partial charge in [0, 0.05) is 16.0 Å². The molecule has 1 aromatic heterocycles. The number of carbonyl (C=O) groups is 1. The van der Waals surface area contributed by atoms with E-state index in [1.165, 1.54) is 6.08 Å². The Hall–Kier alpha value is -2.76. The number of ether oxygens (including phenoxy) is 2. The lowest BCUT2D eigenvalue weighted by Gasteiger charge is -2.12. The van der Waals surface area contributed by atoms with Crippen molar-refractivity contribution in [1.82, 2.24) is 0 Å². The maximum absolute atomic E-state index is 12.2. The van der Waals surface area contributed by atoms with Crippen LogP contribution in [-0.2, 0) is 4.79 Å². The lowest BCUT2D eigenvalue weighted by atomic mass is 10.2. The number of methoxy groups -OCH3 is 1. The van der Waals surface area contributed by atoms with E-state index in [9.17, 15) is 4.79 Å². The third-order valence-corrected chi connectivity index (χ3v) is 4.50. The highest BCUT2D eigenvalue weighted by Crippen LogP contribution is 2.32. The smallest absolute Gasteiger partial charge is 0.248 e. The second-order valence-corrected chi connectivity index (χ2v) is 6.67. The Bertz CT molecular complexity index is 905. The normalized spacial score (nSPS) is 10.7. The quantitative estimate of drug-likeness (QED) is 0.541. The van der Waals surface area contributed by atoms with Gasteiger partial charge in [0.1, 0.15) is 11.5 Å². The van der Waals surface area contributed by atoms with Crippen molar-refractivity contribution in [2.75, 3.05) is 12.4 Å². The van der Waals surface area contributed by atoms with Crippen molar-refractivity contribution in [3.05, 3.63) is 76.0 Å². The summed E-state index contributed by atoms with van der Waals surface area (Å²) >= 11 is 7.62. The summed E-state index contributed by atoms with van der Waals surface area (Å²) in [7, 11) is 1.60. The molecule has 1 N–H and O–H groups in total. The lowest BCUT2D eigenvalue weighted by molar-refractivity contribution is -0.111. The number of thiophene rings is 1. The van der Waals surface area contributed by atoms with E-state index in [1.807, 2.05) is 17.5 Å². The van der Waals surface area contributed by atoms with Crippen molar-refractivity contribution in [3.63, 3.8) is 0 Å². The molecule has 0 aliphatic rings. The van der Waals surface area contributed by atoms with Crippen LogP contribution in [0.3, 0.4) is 0 Å². The maximum Gasteiger partial charge on any atom is 0.248 e. The molecule has 0 spiro atoms. The molecule has 132 valence electrons. The Labute approximate surface area is 160 Å². The van der Waals surface area contributed by atoms with Crippen LogP contribution < -0.4 is 14.8 Å². The van der Waals surface area contributed by atoms with Crippen molar-refractivity contribution < 1.29 is 14.3 Å². The van der Waals surface area contributed by atoms with Gasteiger partial charge in [-0.15, -0.1) is 11.3 Å². The zero-order chi connectivity index (χ0) is 18.4.